The number of benzene rings is 1. The molecule has 0 aromatic heterocycles. The second kappa shape index (κ2) is 5.29. The van der Waals surface area contributed by atoms with E-state index in [9.17, 15) is 0 Å². The van der Waals surface area contributed by atoms with Crippen LogP contribution in [0.3, 0.4) is 0 Å². The molecule has 2 heteroatoms. The molecule has 0 amide bonds. The summed E-state index contributed by atoms with van der Waals surface area (Å²) in [6, 6.07) is 8.60. The molecule has 1 fully saturated rings. The third kappa shape index (κ3) is 3.05. The van der Waals surface area contributed by atoms with E-state index in [-0.39, 0.29) is 0 Å². The monoisotopic (exact) mass is 205 g/mol. The highest BCUT2D eigenvalue weighted by Gasteiger charge is 2.13. The van der Waals surface area contributed by atoms with Gasteiger partial charge in [0, 0.05) is 13.1 Å². The predicted octanol–water partition coefficient (Wildman–Crippen LogP) is 1.92. The molecule has 1 heterocycles. The number of aryl methyl sites for hydroxylation is 2. The van der Waals surface area contributed by atoms with Gasteiger partial charge in [0.15, 0.2) is 0 Å². The number of ether oxygens (including phenoxy) is 1. The summed E-state index contributed by atoms with van der Waals surface area (Å²) in [7, 11) is 0. The Morgan fingerprint density at radius 3 is 3.00 bits per heavy atom. The largest absolute Gasteiger partial charge is 0.376 e. The SMILES string of the molecule is Cc1ccccc1CC[C@@H]1CNCCO1. The van der Waals surface area contributed by atoms with Crippen molar-refractivity contribution in [2.45, 2.75) is 25.9 Å². The van der Waals surface area contributed by atoms with Crippen molar-refractivity contribution in [2.75, 3.05) is 19.7 Å². The molecule has 1 N–H and O–H groups in total. The van der Waals surface area contributed by atoms with Gasteiger partial charge < -0.3 is 10.1 Å². The Bertz CT molecular complexity index is 305. The van der Waals surface area contributed by atoms with E-state index >= 15 is 0 Å². The number of rotatable bonds is 3. The van der Waals surface area contributed by atoms with Crippen LogP contribution < -0.4 is 5.32 Å². The first-order chi connectivity index (χ1) is 7.36. The summed E-state index contributed by atoms with van der Waals surface area (Å²) in [5, 5.41) is 3.36. The third-order valence-corrected chi connectivity index (χ3v) is 3.00. The number of hydrogen-bond donors (Lipinski definition) is 1. The Labute approximate surface area is 91.6 Å². The summed E-state index contributed by atoms with van der Waals surface area (Å²) in [5.41, 5.74) is 2.84. The van der Waals surface area contributed by atoms with Gasteiger partial charge >= 0.3 is 0 Å². The fourth-order valence-corrected chi connectivity index (χ4v) is 2.01. The Kier molecular flexibility index (Phi) is 3.75. The smallest absolute Gasteiger partial charge is 0.0703 e. The molecule has 0 spiro atoms. The van der Waals surface area contributed by atoms with Gasteiger partial charge in [-0.3, -0.25) is 0 Å². The van der Waals surface area contributed by atoms with Crippen LogP contribution in [-0.2, 0) is 11.2 Å². The lowest BCUT2D eigenvalue weighted by atomic mass is 10.0. The maximum absolute atomic E-state index is 5.68. The highest BCUT2D eigenvalue weighted by molar-refractivity contribution is 5.25. The molecule has 0 saturated carbocycles. The maximum atomic E-state index is 5.68. The molecule has 0 aliphatic carbocycles. The van der Waals surface area contributed by atoms with Crippen LogP contribution >= 0.6 is 0 Å². The summed E-state index contributed by atoms with van der Waals surface area (Å²) in [5.74, 6) is 0. The lowest BCUT2D eigenvalue weighted by molar-refractivity contribution is 0.0238. The van der Waals surface area contributed by atoms with Crippen molar-refractivity contribution < 1.29 is 4.74 Å². The fourth-order valence-electron chi connectivity index (χ4n) is 2.01. The molecule has 1 aromatic rings. The van der Waals surface area contributed by atoms with Crippen molar-refractivity contribution in [1.82, 2.24) is 5.32 Å². The van der Waals surface area contributed by atoms with Gasteiger partial charge in [0.2, 0.25) is 0 Å². The van der Waals surface area contributed by atoms with E-state index in [1.807, 2.05) is 0 Å². The first kappa shape index (κ1) is 10.7. The van der Waals surface area contributed by atoms with Gasteiger partial charge in [-0.15, -0.1) is 0 Å². The maximum Gasteiger partial charge on any atom is 0.0703 e. The number of nitrogens with one attached hydrogen (secondary N) is 1. The molecule has 2 rings (SSSR count). The van der Waals surface area contributed by atoms with Gasteiger partial charge in [0.1, 0.15) is 0 Å². The third-order valence-electron chi connectivity index (χ3n) is 3.00. The molecule has 1 aliphatic rings. The molecule has 1 saturated heterocycles. The standard InChI is InChI=1S/C13H19NO/c1-11-4-2-3-5-12(11)6-7-13-10-14-8-9-15-13/h2-5,13-14H,6-10H2,1H3/t13-/m1/s1. The van der Waals surface area contributed by atoms with Gasteiger partial charge in [-0.25, -0.2) is 0 Å². The normalized spacial score (nSPS) is 21.5. The average molecular weight is 205 g/mol. The molecule has 0 bridgehead atoms. The second-order valence-corrected chi connectivity index (χ2v) is 4.16. The van der Waals surface area contributed by atoms with Crippen LogP contribution in [0.4, 0.5) is 0 Å². The summed E-state index contributed by atoms with van der Waals surface area (Å²) in [6.07, 6.45) is 2.65. The molecule has 0 radical (unpaired) electrons. The summed E-state index contributed by atoms with van der Waals surface area (Å²) in [4.78, 5) is 0. The molecule has 1 aromatic carbocycles. The van der Waals surface area contributed by atoms with Crippen molar-refractivity contribution in [3.05, 3.63) is 35.4 Å². The zero-order valence-corrected chi connectivity index (χ0v) is 9.33. The summed E-state index contributed by atoms with van der Waals surface area (Å²) < 4.78 is 5.68. The topological polar surface area (TPSA) is 21.3 Å². The van der Waals surface area contributed by atoms with Crippen LogP contribution in [0.25, 0.3) is 0 Å². The van der Waals surface area contributed by atoms with E-state index in [4.69, 9.17) is 4.74 Å². The zero-order valence-electron chi connectivity index (χ0n) is 9.33. The van der Waals surface area contributed by atoms with Crippen LogP contribution in [0.15, 0.2) is 24.3 Å². The Hall–Kier alpha value is -0.860. The highest BCUT2D eigenvalue weighted by Crippen LogP contribution is 2.12. The lowest BCUT2D eigenvalue weighted by Crippen LogP contribution is -2.38. The lowest BCUT2D eigenvalue weighted by Gasteiger charge is -2.23. The van der Waals surface area contributed by atoms with Crippen molar-refractivity contribution >= 4 is 0 Å². The Morgan fingerprint density at radius 1 is 1.40 bits per heavy atom. The van der Waals surface area contributed by atoms with Crippen molar-refractivity contribution in [3.8, 4) is 0 Å². The van der Waals surface area contributed by atoms with Crippen LogP contribution in [0.1, 0.15) is 17.5 Å². The minimum atomic E-state index is 0.401. The summed E-state index contributed by atoms with van der Waals surface area (Å²) >= 11 is 0. The van der Waals surface area contributed by atoms with E-state index in [1.54, 1.807) is 0 Å². The fraction of sp³-hybridized carbons (Fsp3) is 0.538. The summed E-state index contributed by atoms with van der Waals surface area (Å²) in [6.45, 7) is 5.04. The molecule has 82 valence electrons. The number of hydrogen-bond acceptors (Lipinski definition) is 2. The molecular formula is C13H19NO. The highest BCUT2D eigenvalue weighted by atomic mass is 16.5. The predicted molar refractivity (Wildman–Crippen MR) is 62.1 cm³/mol. The Morgan fingerprint density at radius 2 is 2.27 bits per heavy atom. The van der Waals surface area contributed by atoms with E-state index in [0.717, 1.165) is 32.5 Å². The minimum Gasteiger partial charge on any atom is -0.376 e. The first-order valence-corrected chi connectivity index (χ1v) is 5.73. The Balaban J connectivity index is 1.84. The van der Waals surface area contributed by atoms with Gasteiger partial charge in [-0.05, 0) is 30.9 Å². The molecule has 15 heavy (non-hydrogen) atoms. The van der Waals surface area contributed by atoms with E-state index in [2.05, 4.69) is 36.5 Å². The van der Waals surface area contributed by atoms with E-state index < -0.39 is 0 Å². The molecule has 1 aliphatic heterocycles. The van der Waals surface area contributed by atoms with Crippen molar-refractivity contribution in [1.29, 1.82) is 0 Å². The van der Waals surface area contributed by atoms with Crippen molar-refractivity contribution in [3.63, 3.8) is 0 Å². The molecular weight excluding hydrogens is 186 g/mol. The van der Waals surface area contributed by atoms with Gasteiger partial charge in [-0.2, -0.15) is 0 Å². The number of morpholine rings is 1. The van der Waals surface area contributed by atoms with Crippen molar-refractivity contribution in [2.24, 2.45) is 0 Å². The molecule has 1 atom stereocenters. The van der Waals surface area contributed by atoms with Crippen LogP contribution in [0.2, 0.25) is 0 Å². The zero-order chi connectivity index (χ0) is 10.5. The van der Waals surface area contributed by atoms with Gasteiger partial charge in [0.25, 0.3) is 0 Å². The second-order valence-electron chi connectivity index (χ2n) is 4.16. The van der Waals surface area contributed by atoms with Crippen LogP contribution in [0.5, 0.6) is 0 Å². The van der Waals surface area contributed by atoms with E-state index in [0.29, 0.717) is 6.10 Å². The van der Waals surface area contributed by atoms with Gasteiger partial charge in [0.05, 0.1) is 12.7 Å². The minimum absolute atomic E-state index is 0.401. The quantitative estimate of drug-likeness (QED) is 0.814. The van der Waals surface area contributed by atoms with Gasteiger partial charge in [-0.1, -0.05) is 24.3 Å². The molecule has 0 unspecified atom stereocenters. The van der Waals surface area contributed by atoms with Crippen LogP contribution in [-0.4, -0.2) is 25.8 Å². The van der Waals surface area contributed by atoms with Crippen LogP contribution in [0, 0.1) is 6.92 Å². The first-order valence-electron chi connectivity index (χ1n) is 5.73. The average Bonchev–Trinajstić information content (AvgIpc) is 2.29. The molecule has 2 nitrogen and oxygen atoms in total. The van der Waals surface area contributed by atoms with E-state index in [1.165, 1.54) is 11.1 Å².